The highest BCUT2D eigenvalue weighted by Gasteiger charge is 2.34. The smallest absolute Gasteiger partial charge is 0.191 e. The van der Waals surface area contributed by atoms with Gasteiger partial charge in [0.05, 0.1) is 13.2 Å². The van der Waals surface area contributed by atoms with Crippen molar-refractivity contribution in [3.63, 3.8) is 0 Å². The van der Waals surface area contributed by atoms with Gasteiger partial charge in [-0.15, -0.1) is 0 Å². The summed E-state index contributed by atoms with van der Waals surface area (Å²) >= 11 is 0. The lowest BCUT2D eigenvalue weighted by molar-refractivity contribution is -0.0174. The van der Waals surface area contributed by atoms with E-state index in [-0.39, 0.29) is 0 Å². The molecule has 1 aliphatic heterocycles. The first-order valence-electron chi connectivity index (χ1n) is 9.46. The molecule has 23 heavy (non-hydrogen) atoms. The highest BCUT2D eigenvalue weighted by atomic mass is 16.5. The molecule has 1 saturated heterocycles. The third-order valence-electron chi connectivity index (χ3n) is 5.63. The van der Waals surface area contributed by atoms with Gasteiger partial charge in [0.2, 0.25) is 0 Å². The summed E-state index contributed by atoms with van der Waals surface area (Å²) in [7, 11) is 0. The number of rotatable bonds is 7. The van der Waals surface area contributed by atoms with Crippen LogP contribution in [0.5, 0.6) is 0 Å². The molecule has 0 aromatic rings. The van der Waals surface area contributed by atoms with Crippen molar-refractivity contribution in [2.75, 3.05) is 39.4 Å². The molecule has 0 amide bonds. The van der Waals surface area contributed by atoms with Crippen molar-refractivity contribution in [2.24, 2.45) is 10.4 Å². The van der Waals surface area contributed by atoms with Gasteiger partial charge in [0.15, 0.2) is 5.96 Å². The van der Waals surface area contributed by atoms with Gasteiger partial charge in [0, 0.05) is 38.3 Å². The van der Waals surface area contributed by atoms with Crippen LogP contribution < -0.4 is 10.6 Å². The molecule has 2 fully saturated rings. The number of ether oxygens (including phenoxy) is 1. The summed E-state index contributed by atoms with van der Waals surface area (Å²) in [4.78, 5) is 7.39. The van der Waals surface area contributed by atoms with Crippen LogP contribution in [-0.4, -0.2) is 62.3 Å². The van der Waals surface area contributed by atoms with Crippen molar-refractivity contribution in [1.82, 2.24) is 15.5 Å². The Morgan fingerprint density at radius 3 is 2.70 bits per heavy atom. The first-order chi connectivity index (χ1) is 11.1. The normalized spacial score (nSPS) is 26.4. The number of aliphatic imine (C=N–C) groups is 1. The first-order valence-corrected chi connectivity index (χ1v) is 9.46. The average Bonchev–Trinajstić information content (AvgIpc) is 2.52. The molecule has 0 spiro atoms. The molecule has 0 aromatic carbocycles. The second-order valence-corrected chi connectivity index (χ2v) is 7.29. The van der Waals surface area contributed by atoms with E-state index in [1.54, 1.807) is 0 Å². The molecule has 1 aliphatic carbocycles. The van der Waals surface area contributed by atoms with Crippen LogP contribution in [0.2, 0.25) is 0 Å². The zero-order chi connectivity index (χ0) is 16.7. The molecule has 2 rings (SSSR count). The Hall–Kier alpha value is -0.810. The summed E-state index contributed by atoms with van der Waals surface area (Å²) in [6, 6.07) is 0.986. The van der Waals surface area contributed by atoms with Crippen LogP contribution in [0, 0.1) is 5.41 Å². The molecule has 2 aliphatic rings. The molecule has 0 radical (unpaired) electrons. The van der Waals surface area contributed by atoms with Crippen LogP contribution >= 0.6 is 0 Å². The Kier molecular flexibility index (Phi) is 7.15. The maximum atomic E-state index is 5.54. The molecule has 1 saturated carbocycles. The molecule has 0 aromatic heterocycles. The van der Waals surface area contributed by atoms with Crippen molar-refractivity contribution in [1.29, 1.82) is 0 Å². The van der Waals surface area contributed by atoms with Crippen molar-refractivity contribution in [3.05, 3.63) is 0 Å². The number of morpholine rings is 1. The zero-order valence-corrected chi connectivity index (χ0v) is 15.5. The summed E-state index contributed by atoms with van der Waals surface area (Å²) in [5.41, 5.74) is 0.479. The van der Waals surface area contributed by atoms with E-state index in [9.17, 15) is 0 Å². The SMILES string of the molecule is CCNC(=NCC1(CC)CCC1)NCC(C)N1CCOCC1C. The fourth-order valence-electron chi connectivity index (χ4n) is 3.65. The fraction of sp³-hybridized carbons (Fsp3) is 0.944. The maximum Gasteiger partial charge on any atom is 0.191 e. The highest BCUT2D eigenvalue weighted by Crippen LogP contribution is 2.43. The predicted molar refractivity (Wildman–Crippen MR) is 97.0 cm³/mol. The van der Waals surface area contributed by atoms with Crippen LogP contribution in [0.15, 0.2) is 4.99 Å². The van der Waals surface area contributed by atoms with Crippen molar-refractivity contribution < 1.29 is 4.74 Å². The highest BCUT2D eigenvalue weighted by molar-refractivity contribution is 5.79. The molecule has 1 heterocycles. The molecule has 2 N–H and O–H groups in total. The van der Waals surface area contributed by atoms with Crippen molar-refractivity contribution >= 4 is 5.96 Å². The van der Waals surface area contributed by atoms with Gasteiger partial charge in [-0.25, -0.2) is 0 Å². The van der Waals surface area contributed by atoms with E-state index in [2.05, 4.69) is 43.2 Å². The minimum atomic E-state index is 0.479. The Bertz CT molecular complexity index is 376. The predicted octanol–water partition coefficient (Wildman–Crippen LogP) is 2.23. The quantitative estimate of drug-likeness (QED) is 0.557. The van der Waals surface area contributed by atoms with E-state index in [1.165, 1.54) is 25.7 Å². The second-order valence-electron chi connectivity index (χ2n) is 7.29. The van der Waals surface area contributed by atoms with Crippen LogP contribution in [0.1, 0.15) is 53.4 Å². The summed E-state index contributed by atoms with van der Waals surface area (Å²) in [5.74, 6) is 0.972. The third kappa shape index (κ3) is 5.08. The van der Waals surface area contributed by atoms with E-state index in [4.69, 9.17) is 9.73 Å². The lowest BCUT2D eigenvalue weighted by Gasteiger charge is -2.40. The zero-order valence-electron chi connectivity index (χ0n) is 15.5. The molecule has 2 unspecified atom stereocenters. The second kappa shape index (κ2) is 8.88. The van der Waals surface area contributed by atoms with Gasteiger partial charge in [-0.2, -0.15) is 0 Å². The van der Waals surface area contributed by atoms with Gasteiger partial charge in [-0.1, -0.05) is 13.3 Å². The summed E-state index contributed by atoms with van der Waals surface area (Å²) in [6.07, 6.45) is 5.30. The fourth-order valence-corrected chi connectivity index (χ4v) is 3.65. The van der Waals surface area contributed by atoms with Gasteiger partial charge < -0.3 is 15.4 Å². The lowest BCUT2D eigenvalue weighted by Crippen LogP contribution is -2.53. The number of hydrogen-bond acceptors (Lipinski definition) is 3. The summed E-state index contributed by atoms with van der Waals surface area (Å²) in [5, 5.41) is 6.93. The summed E-state index contributed by atoms with van der Waals surface area (Å²) in [6.45, 7) is 14.5. The summed E-state index contributed by atoms with van der Waals surface area (Å²) < 4.78 is 5.54. The molecular weight excluding hydrogens is 288 g/mol. The van der Waals surface area contributed by atoms with E-state index >= 15 is 0 Å². The first kappa shape index (κ1) is 18.5. The minimum absolute atomic E-state index is 0.479. The van der Waals surface area contributed by atoms with Gasteiger partial charge in [-0.3, -0.25) is 9.89 Å². The van der Waals surface area contributed by atoms with Gasteiger partial charge in [0.1, 0.15) is 0 Å². The van der Waals surface area contributed by atoms with Gasteiger partial charge in [0.25, 0.3) is 0 Å². The van der Waals surface area contributed by atoms with Crippen molar-refractivity contribution in [2.45, 2.75) is 65.5 Å². The average molecular weight is 325 g/mol. The van der Waals surface area contributed by atoms with Gasteiger partial charge in [-0.05, 0) is 45.4 Å². The number of nitrogens with one attached hydrogen (secondary N) is 2. The lowest BCUT2D eigenvalue weighted by atomic mass is 9.67. The molecule has 5 heteroatoms. The van der Waals surface area contributed by atoms with Crippen molar-refractivity contribution in [3.8, 4) is 0 Å². The Balaban J connectivity index is 1.83. The largest absolute Gasteiger partial charge is 0.379 e. The Morgan fingerprint density at radius 2 is 2.13 bits per heavy atom. The Labute approximate surface area is 142 Å². The van der Waals surface area contributed by atoms with Crippen LogP contribution in [0.4, 0.5) is 0 Å². The number of hydrogen-bond donors (Lipinski definition) is 2. The van der Waals surface area contributed by atoms with Gasteiger partial charge >= 0.3 is 0 Å². The van der Waals surface area contributed by atoms with Crippen LogP contribution in [0.25, 0.3) is 0 Å². The standard InChI is InChI=1S/C18H36N4O/c1-5-18(8-7-9-18)14-21-17(19-6-2)20-12-15(3)22-10-11-23-13-16(22)4/h15-16H,5-14H2,1-4H3,(H2,19,20,21). The topological polar surface area (TPSA) is 48.9 Å². The molecular formula is C18H36N4O. The number of guanidine groups is 1. The minimum Gasteiger partial charge on any atom is -0.379 e. The third-order valence-corrected chi connectivity index (χ3v) is 5.63. The Morgan fingerprint density at radius 1 is 1.35 bits per heavy atom. The molecule has 134 valence electrons. The van der Waals surface area contributed by atoms with Crippen LogP contribution in [0.3, 0.4) is 0 Å². The van der Waals surface area contributed by atoms with E-state index in [1.807, 2.05) is 0 Å². The molecule has 2 atom stereocenters. The van der Waals surface area contributed by atoms with E-state index in [0.717, 1.165) is 45.4 Å². The van der Waals surface area contributed by atoms with E-state index < -0.39 is 0 Å². The molecule has 5 nitrogen and oxygen atoms in total. The maximum absolute atomic E-state index is 5.54. The molecule has 0 bridgehead atoms. The number of nitrogens with zero attached hydrogens (tertiary/aromatic N) is 2. The van der Waals surface area contributed by atoms with E-state index in [0.29, 0.717) is 17.5 Å². The van der Waals surface area contributed by atoms with Crippen LogP contribution in [-0.2, 0) is 4.74 Å². The monoisotopic (exact) mass is 324 g/mol.